The third kappa shape index (κ3) is 5.13. The Morgan fingerprint density at radius 3 is 2.48 bits per heavy atom. The van der Waals surface area contributed by atoms with E-state index < -0.39 is 0 Å². The molecule has 1 heterocycles. The molecule has 8 nitrogen and oxygen atoms in total. The smallest absolute Gasteiger partial charge is 0.338 e. The molecule has 0 spiro atoms. The van der Waals surface area contributed by atoms with Crippen molar-refractivity contribution in [2.75, 3.05) is 31.5 Å². The third-order valence-corrected chi connectivity index (χ3v) is 3.98. The van der Waals surface area contributed by atoms with Gasteiger partial charge < -0.3 is 24.8 Å². The van der Waals surface area contributed by atoms with Gasteiger partial charge in [-0.2, -0.15) is 4.98 Å². The lowest BCUT2D eigenvalue weighted by molar-refractivity contribution is 0.0526. The van der Waals surface area contributed by atoms with Gasteiger partial charge in [0, 0.05) is 18.0 Å². The van der Waals surface area contributed by atoms with Crippen molar-refractivity contribution in [1.82, 2.24) is 9.97 Å². The summed E-state index contributed by atoms with van der Waals surface area (Å²) in [7, 11) is 3.19. The lowest BCUT2D eigenvalue weighted by Crippen LogP contribution is -2.05. The van der Waals surface area contributed by atoms with Crippen LogP contribution in [-0.4, -0.2) is 36.8 Å². The van der Waals surface area contributed by atoms with Crippen LogP contribution < -0.4 is 20.1 Å². The number of ether oxygens (including phenoxy) is 3. The topological polar surface area (TPSA) is 94.6 Å². The van der Waals surface area contributed by atoms with E-state index in [1.54, 1.807) is 63.7 Å². The fourth-order valence-electron chi connectivity index (χ4n) is 2.56. The third-order valence-electron chi connectivity index (χ3n) is 3.98. The number of rotatable bonds is 8. The Balaban J connectivity index is 1.72. The van der Waals surface area contributed by atoms with Crippen molar-refractivity contribution in [3.05, 3.63) is 60.3 Å². The van der Waals surface area contributed by atoms with E-state index >= 15 is 0 Å². The second-order valence-corrected chi connectivity index (χ2v) is 5.88. The molecule has 2 aromatic carbocycles. The Kier molecular flexibility index (Phi) is 6.47. The van der Waals surface area contributed by atoms with E-state index in [0.717, 1.165) is 11.4 Å². The summed E-state index contributed by atoms with van der Waals surface area (Å²) < 4.78 is 15.6. The van der Waals surface area contributed by atoms with Crippen molar-refractivity contribution in [1.29, 1.82) is 0 Å². The highest BCUT2D eigenvalue weighted by atomic mass is 16.5. The number of hydrogen-bond acceptors (Lipinski definition) is 8. The summed E-state index contributed by atoms with van der Waals surface area (Å²) in [5.41, 5.74) is 1.98. The largest absolute Gasteiger partial charge is 0.497 e. The van der Waals surface area contributed by atoms with Crippen LogP contribution in [0.3, 0.4) is 0 Å². The van der Waals surface area contributed by atoms with Crippen molar-refractivity contribution < 1.29 is 19.0 Å². The first-order chi connectivity index (χ1) is 14.1. The molecule has 0 unspecified atom stereocenters. The first kappa shape index (κ1) is 19.9. The molecule has 8 heteroatoms. The van der Waals surface area contributed by atoms with E-state index in [2.05, 4.69) is 20.6 Å². The van der Waals surface area contributed by atoms with E-state index in [4.69, 9.17) is 14.2 Å². The first-order valence-corrected chi connectivity index (χ1v) is 8.99. The molecule has 0 fully saturated rings. The molecule has 3 rings (SSSR count). The number of anilines is 4. The van der Waals surface area contributed by atoms with Gasteiger partial charge >= 0.3 is 5.97 Å². The van der Waals surface area contributed by atoms with Crippen LogP contribution in [0.2, 0.25) is 0 Å². The van der Waals surface area contributed by atoms with E-state index in [1.807, 2.05) is 12.1 Å². The highest BCUT2D eigenvalue weighted by molar-refractivity contribution is 5.89. The van der Waals surface area contributed by atoms with Crippen LogP contribution in [0.15, 0.2) is 54.7 Å². The van der Waals surface area contributed by atoms with Gasteiger partial charge in [0.25, 0.3) is 0 Å². The molecule has 29 heavy (non-hydrogen) atoms. The Labute approximate surface area is 168 Å². The highest BCUT2D eigenvalue weighted by Crippen LogP contribution is 2.31. The zero-order valence-electron chi connectivity index (χ0n) is 16.4. The van der Waals surface area contributed by atoms with Gasteiger partial charge in [-0.3, -0.25) is 0 Å². The summed E-state index contributed by atoms with van der Waals surface area (Å²) in [6.07, 6.45) is 1.64. The standard InChI is InChI=1S/C21H22N4O4/c1-4-29-20(26)14-5-7-15(8-6-14)23-21-22-12-11-19(25-21)24-17-10-9-16(27-2)13-18(17)28-3/h5-13H,4H2,1-3H3,(H2,22,23,24,25). The molecule has 3 aromatic rings. The number of hydrogen-bond donors (Lipinski definition) is 2. The lowest BCUT2D eigenvalue weighted by atomic mass is 10.2. The van der Waals surface area contributed by atoms with Gasteiger partial charge in [0.15, 0.2) is 0 Å². The zero-order chi connectivity index (χ0) is 20.6. The molecule has 2 N–H and O–H groups in total. The quantitative estimate of drug-likeness (QED) is 0.550. The van der Waals surface area contributed by atoms with Crippen LogP contribution in [0.1, 0.15) is 17.3 Å². The second kappa shape index (κ2) is 9.41. The Hall–Kier alpha value is -3.81. The van der Waals surface area contributed by atoms with Gasteiger partial charge in [-0.05, 0) is 49.4 Å². The van der Waals surface area contributed by atoms with Gasteiger partial charge in [-0.15, -0.1) is 0 Å². The van der Waals surface area contributed by atoms with Crippen molar-refractivity contribution in [2.24, 2.45) is 0 Å². The zero-order valence-corrected chi connectivity index (χ0v) is 16.4. The van der Waals surface area contributed by atoms with Crippen molar-refractivity contribution in [3.8, 4) is 11.5 Å². The Morgan fingerprint density at radius 1 is 1.00 bits per heavy atom. The van der Waals surface area contributed by atoms with Gasteiger partial charge in [-0.25, -0.2) is 9.78 Å². The Bertz CT molecular complexity index is 977. The normalized spacial score (nSPS) is 10.2. The lowest BCUT2D eigenvalue weighted by Gasteiger charge is -2.12. The average molecular weight is 394 g/mol. The maximum absolute atomic E-state index is 11.7. The summed E-state index contributed by atoms with van der Waals surface area (Å²) in [5.74, 6) is 1.98. The van der Waals surface area contributed by atoms with E-state index in [-0.39, 0.29) is 5.97 Å². The molecule has 0 radical (unpaired) electrons. The van der Waals surface area contributed by atoms with Crippen LogP contribution in [-0.2, 0) is 4.74 Å². The molecule has 0 aliphatic rings. The maximum Gasteiger partial charge on any atom is 0.338 e. The van der Waals surface area contributed by atoms with Gasteiger partial charge in [-0.1, -0.05) is 0 Å². The summed E-state index contributed by atoms with van der Waals surface area (Å²) in [6.45, 7) is 2.11. The molecular formula is C21H22N4O4. The number of methoxy groups -OCH3 is 2. The fourth-order valence-corrected chi connectivity index (χ4v) is 2.56. The van der Waals surface area contributed by atoms with E-state index in [1.165, 1.54) is 0 Å². The molecule has 0 aliphatic heterocycles. The molecule has 1 aromatic heterocycles. The minimum Gasteiger partial charge on any atom is -0.497 e. The predicted molar refractivity (Wildman–Crippen MR) is 111 cm³/mol. The summed E-state index contributed by atoms with van der Waals surface area (Å²) in [4.78, 5) is 20.4. The first-order valence-electron chi connectivity index (χ1n) is 8.99. The number of carbonyl (C=O) groups excluding carboxylic acids is 1. The number of esters is 1. The van der Waals surface area contributed by atoms with Crippen molar-refractivity contribution in [2.45, 2.75) is 6.92 Å². The van der Waals surface area contributed by atoms with Crippen LogP contribution in [0.4, 0.5) is 23.1 Å². The van der Waals surface area contributed by atoms with E-state index in [0.29, 0.717) is 35.4 Å². The number of benzene rings is 2. The number of nitrogens with zero attached hydrogens (tertiary/aromatic N) is 2. The van der Waals surface area contributed by atoms with Gasteiger partial charge in [0.2, 0.25) is 5.95 Å². The fraction of sp³-hybridized carbons (Fsp3) is 0.190. The minimum atomic E-state index is -0.352. The molecular weight excluding hydrogens is 372 g/mol. The monoisotopic (exact) mass is 394 g/mol. The van der Waals surface area contributed by atoms with Crippen molar-refractivity contribution in [3.63, 3.8) is 0 Å². The van der Waals surface area contributed by atoms with E-state index in [9.17, 15) is 4.79 Å². The molecule has 0 atom stereocenters. The number of aromatic nitrogens is 2. The minimum absolute atomic E-state index is 0.339. The number of nitrogens with one attached hydrogen (secondary N) is 2. The molecule has 0 saturated heterocycles. The Morgan fingerprint density at radius 2 is 1.79 bits per heavy atom. The van der Waals surface area contributed by atoms with Crippen LogP contribution >= 0.6 is 0 Å². The van der Waals surface area contributed by atoms with Crippen LogP contribution in [0, 0.1) is 0 Å². The molecule has 0 saturated carbocycles. The SMILES string of the molecule is CCOC(=O)c1ccc(Nc2nccc(Nc3ccc(OC)cc3OC)n2)cc1. The predicted octanol–water partition coefficient (Wildman–Crippen LogP) is 4.16. The van der Waals surface area contributed by atoms with Crippen molar-refractivity contribution >= 4 is 29.1 Å². The highest BCUT2D eigenvalue weighted by Gasteiger charge is 2.08. The second-order valence-electron chi connectivity index (χ2n) is 5.88. The van der Waals surface area contributed by atoms with Crippen LogP contribution in [0.5, 0.6) is 11.5 Å². The summed E-state index contributed by atoms with van der Waals surface area (Å²) >= 11 is 0. The van der Waals surface area contributed by atoms with Crippen LogP contribution in [0.25, 0.3) is 0 Å². The average Bonchev–Trinajstić information content (AvgIpc) is 2.75. The molecule has 0 bridgehead atoms. The molecule has 0 amide bonds. The summed E-state index contributed by atoms with van der Waals surface area (Å²) in [6, 6.07) is 14.1. The maximum atomic E-state index is 11.7. The summed E-state index contributed by atoms with van der Waals surface area (Å²) in [5, 5.41) is 6.32. The van der Waals surface area contributed by atoms with Gasteiger partial charge in [0.1, 0.15) is 17.3 Å². The number of carbonyl (C=O) groups is 1. The molecule has 0 aliphatic carbocycles. The van der Waals surface area contributed by atoms with Gasteiger partial charge in [0.05, 0.1) is 32.1 Å². The molecule has 150 valence electrons.